The molecule has 5 N–H and O–H groups in total. The Morgan fingerprint density at radius 3 is 2.54 bits per heavy atom. The van der Waals surface area contributed by atoms with E-state index in [0.29, 0.717) is 33.9 Å². The van der Waals surface area contributed by atoms with Crippen LogP contribution in [0.25, 0.3) is 0 Å². The Balaban J connectivity index is 1.52. The van der Waals surface area contributed by atoms with Crippen LogP contribution in [-0.4, -0.2) is 41.8 Å². The standard InChI is InChI=1S/C29H31F2N7O3/c1-29(12-2-3-13-29)34-15-19-14-22(9-10-23(19)32)37-16-18-4-11-25(41-17-24(30)31)36-26(18)38(28(37)40)21-7-5-20(6-8-21)35-27(33)39/h4-11,14-15,24H,2-3,12-13,16-17,32H2,1H3,(H3,33,35,39). The van der Waals surface area contributed by atoms with Crippen LogP contribution in [0.4, 0.5) is 46.9 Å². The molecular formula is C29H31F2N7O3. The second kappa shape index (κ2) is 11.4. The molecule has 0 radical (unpaired) electrons. The van der Waals surface area contributed by atoms with E-state index in [4.69, 9.17) is 21.2 Å². The summed E-state index contributed by atoms with van der Waals surface area (Å²) in [6, 6.07) is 13.8. The molecule has 41 heavy (non-hydrogen) atoms. The number of hydrogen-bond acceptors (Lipinski definition) is 6. The van der Waals surface area contributed by atoms with Crippen LogP contribution in [-0.2, 0) is 6.54 Å². The molecule has 0 saturated heterocycles. The summed E-state index contributed by atoms with van der Waals surface area (Å²) in [7, 11) is 0. The van der Waals surface area contributed by atoms with Crippen molar-refractivity contribution in [1.29, 1.82) is 0 Å². The number of anilines is 5. The maximum atomic E-state index is 14.0. The first-order valence-corrected chi connectivity index (χ1v) is 13.3. The highest BCUT2D eigenvalue weighted by Crippen LogP contribution is 2.38. The van der Waals surface area contributed by atoms with Gasteiger partial charge >= 0.3 is 12.1 Å². The molecule has 214 valence electrons. The molecule has 2 aromatic carbocycles. The van der Waals surface area contributed by atoms with Gasteiger partial charge in [0.15, 0.2) is 6.61 Å². The Morgan fingerprint density at radius 2 is 1.85 bits per heavy atom. The minimum absolute atomic E-state index is 0.0336. The molecular weight excluding hydrogens is 532 g/mol. The second-order valence-electron chi connectivity index (χ2n) is 10.4. The molecule has 0 bridgehead atoms. The van der Waals surface area contributed by atoms with Crippen LogP contribution >= 0.6 is 0 Å². The van der Waals surface area contributed by atoms with Crippen LogP contribution in [0.15, 0.2) is 59.6 Å². The highest BCUT2D eigenvalue weighted by Gasteiger charge is 2.34. The second-order valence-corrected chi connectivity index (χ2v) is 10.4. The summed E-state index contributed by atoms with van der Waals surface area (Å²) < 4.78 is 30.7. The number of nitrogens with two attached hydrogens (primary N) is 2. The maximum Gasteiger partial charge on any atom is 0.335 e. The molecule has 5 rings (SSSR count). The highest BCUT2D eigenvalue weighted by molar-refractivity contribution is 6.10. The molecule has 12 heteroatoms. The molecule has 2 heterocycles. The van der Waals surface area contributed by atoms with E-state index >= 15 is 0 Å². The van der Waals surface area contributed by atoms with Crippen molar-refractivity contribution in [1.82, 2.24) is 4.98 Å². The number of primary amides is 1. The molecule has 3 aromatic rings. The molecule has 10 nitrogen and oxygen atoms in total. The van der Waals surface area contributed by atoms with Crippen LogP contribution in [0.5, 0.6) is 5.88 Å². The molecule has 1 aromatic heterocycles. The normalized spacial score (nSPS) is 16.3. The van der Waals surface area contributed by atoms with Gasteiger partial charge in [0, 0.05) is 40.5 Å². The van der Waals surface area contributed by atoms with Gasteiger partial charge in [-0.1, -0.05) is 12.8 Å². The number of ether oxygens (including phenoxy) is 1. The molecule has 1 fully saturated rings. The fourth-order valence-corrected chi connectivity index (χ4v) is 5.06. The lowest BCUT2D eigenvalue weighted by Gasteiger charge is -2.36. The molecule has 4 amide bonds. The molecule has 1 aliphatic carbocycles. The van der Waals surface area contributed by atoms with Crippen LogP contribution in [0.3, 0.4) is 0 Å². The van der Waals surface area contributed by atoms with E-state index in [9.17, 15) is 18.4 Å². The summed E-state index contributed by atoms with van der Waals surface area (Å²) in [6.07, 6.45) is 3.42. The third kappa shape index (κ3) is 6.21. The first-order chi connectivity index (χ1) is 19.6. The van der Waals surface area contributed by atoms with Crippen LogP contribution in [0.1, 0.15) is 43.7 Å². The molecule has 0 spiro atoms. The van der Waals surface area contributed by atoms with E-state index in [1.54, 1.807) is 53.6 Å². The number of nitrogens with zero attached hydrogens (tertiary/aromatic N) is 4. The number of amides is 4. The third-order valence-corrected chi connectivity index (χ3v) is 7.22. The van der Waals surface area contributed by atoms with Gasteiger partial charge in [-0.15, -0.1) is 0 Å². The predicted molar refractivity (Wildman–Crippen MR) is 154 cm³/mol. The monoisotopic (exact) mass is 563 g/mol. The van der Waals surface area contributed by atoms with Crippen molar-refractivity contribution in [2.45, 2.75) is 51.1 Å². The Hall–Kier alpha value is -4.74. The van der Waals surface area contributed by atoms with Crippen LogP contribution < -0.4 is 31.3 Å². The number of carbonyl (C=O) groups excluding carboxylic acids is 2. The van der Waals surface area contributed by atoms with Gasteiger partial charge in [-0.05, 0) is 68.3 Å². The molecule has 0 atom stereocenters. The molecule has 0 unspecified atom stereocenters. The topological polar surface area (TPSA) is 139 Å². The number of nitrogen functional groups attached to an aromatic ring is 1. The number of pyridine rings is 1. The zero-order valence-electron chi connectivity index (χ0n) is 22.5. The summed E-state index contributed by atoms with van der Waals surface area (Å²) in [5.74, 6) is 0.216. The Bertz CT molecular complexity index is 1470. The number of nitrogens with one attached hydrogen (secondary N) is 1. The Labute approximate surface area is 236 Å². The van der Waals surface area contributed by atoms with Crippen molar-refractivity contribution in [2.24, 2.45) is 10.7 Å². The largest absolute Gasteiger partial charge is 0.472 e. The Kier molecular flexibility index (Phi) is 7.73. The van der Waals surface area contributed by atoms with Crippen molar-refractivity contribution >= 4 is 46.8 Å². The van der Waals surface area contributed by atoms with Crippen LogP contribution in [0, 0.1) is 0 Å². The fourth-order valence-electron chi connectivity index (χ4n) is 5.06. The van der Waals surface area contributed by atoms with Gasteiger partial charge in [0.2, 0.25) is 5.88 Å². The number of hydrogen-bond donors (Lipinski definition) is 3. The number of aliphatic imine (C=N–C) groups is 1. The number of urea groups is 2. The highest BCUT2D eigenvalue weighted by atomic mass is 19.3. The smallest absolute Gasteiger partial charge is 0.335 e. The zero-order valence-corrected chi connectivity index (χ0v) is 22.5. The molecule has 2 aliphatic rings. The van der Waals surface area contributed by atoms with Crippen molar-refractivity contribution < 1.29 is 23.1 Å². The number of fused-ring (bicyclic) bond motifs is 1. The van der Waals surface area contributed by atoms with Crippen molar-refractivity contribution in [3.8, 4) is 5.88 Å². The van der Waals surface area contributed by atoms with E-state index in [0.717, 1.165) is 25.7 Å². The van der Waals surface area contributed by atoms with Gasteiger partial charge in [0.05, 0.1) is 17.8 Å². The zero-order chi connectivity index (χ0) is 29.1. The minimum atomic E-state index is -2.68. The van der Waals surface area contributed by atoms with Crippen molar-refractivity contribution in [3.05, 3.63) is 65.7 Å². The van der Waals surface area contributed by atoms with E-state index in [1.165, 1.54) is 11.0 Å². The Morgan fingerprint density at radius 1 is 1.15 bits per heavy atom. The van der Waals surface area contributed by atoms with Crippen molar-refractivity contribution in [2.75, 3.05) is 27.5 Å². The van der Waals surface area contributed by atoms with E-state index < -0.39 is 25.1 Å². The maximum absolute atomic E-state index is 14.0. The minimum Gasteiger partial charge on any atom is -0.472 e. The average molecular weight is 564 g/mol. The number of alkyl halides is 2. The number of rotatable bonds is 8. The first kappa shape index (κ1) is 27.8. The van der Waals surface area contributed by atoms with E-state index in [2.05, 4.69) is 17.2 Å². The summed E-state index contributed by atoms with van der Waals surface area (Å²) >= 11 is 0. The lowest BCUT2D eigenvalue weighted by Crippen LogP contribution is -2.45. The summed E-state index contributed by atoms with van der Waals surface area (Å²) in [6.45, 7) is 1.48. The predicted octanol–water partition coefficient (Wildman–Crippen LogP) is 5.83. The summed E-state index contributed by atoms with van der Waals surface area (Å²) in [5, 5.41) is 2.48. The fraction of sp³-hybridized carbons (Fsp3) is 0.310. The van der Waals surface area contributed by atoms with E-state index in [-0.39, 0.29) is 23.8 Å². The van der Waals surface area contributed by atoms with Gasteiger partial charge in [0.25, 0.3) is 6.43 Å². The summed E-state index contributed by atoms with van der Waals surface area (Å²) in [5.41, 5.74) is 14.7. The quantitative estimate of drug-likeness (QED) is 0.234. The number of benzene rings is 2. The summed E-state index contributed by atoms with van der Waals surface area (Å²) in [4.78, 5) is 37.5. The van der Waals surface area contributed by atoms with Gasteiger partial charge < -0.3 is 21.5 Å². The van der Waals surface area contributed by atoms with Gasteiger partial charge in [0.1, 0.15) is 5.82 Å². The third-order valence-electron chi connectivity index (χ3n) is 7.22. The van der Waals surface area contributed by atoms with Crippen LogP contribution in [0.2, 0.25) is 0 Å². The van der Waals surface area contributed by atoms with E-state index in [1.807, 2.05) is 6.07 Å². The lowest BCUT2D eigenvalue weighted by molar-refractivity contribution is 0.0796. The number of carbonyl (C=O) groups is 2. The number of aromatic nitrogens is 1. The van der Waals surface area contributed by atoms with Gasteiger partial charge in [-0.25, -0.2) is 23.3 Å². The molecule has 1 aliphatic heterocycles. The lowest BCUT2D eigenvalue weighted by atomic mass is 10.0. The van der Waals surface area contributed by atoms with Gasteiger partial charge in [-0.3, -0.25) is 9.89 Å². The SMILES string of the molecule is CC1(N=Cc2cc(N3Cc4ccc(OCC(F)F)nc4N(c4ccc(NC(N)=O)cc4)C3=O)ccc2N)CCCC1. The molecule has 1 saturated carbocycles. The average Bonchev–Trinajstić information content (AvgIpc) is 3.38. The first-order valence-electron chi connectivity index (χ1n) is 13.3. The number of halogens is 2. The van der Waals surface area contributed by atoms with Crippen molar-refractivity contribution in [3.63, 3.8) is 0 Å². The van der Waals surface area contributed by atoms with Gasteiger partial charge in [-0.2, -0.15) is 4.98 Å².